The third kappa shape index (κ3) is 3.60. The summed E-state index contributed by atoms with van der Waals surface area (Å²) in [6, 6.07) is 20.8. The van der Waals surface area contributed by atoms with E-state index in [1.165, 1.54) is 0 Å². The number of carbonyl (C=O) groups is 1. The largest absolute Gasteiger partial charge is 0.497 e. The minimum absolute atomic E-state index is 0.137. The van der Waals surface area contributed by atoms with Gasteiger partial charge in [0.05, 0.1) is 13.2 Å². The van der Waals surface area contributed by atoms with Crippen molar-refractivity contribution < 1.29 is 9.53 Å². The average Bonchev–Trinajstić information content (AvgIpc) is 2.67. The molecule has 3 rings (SSSR count). The molecule has 3 aromatic rings. The van der Waals surface area contributed by atoms with E-state index in [-0.39, 0.29) is 11.9 Å². The van der Waals surface area contributed by atoms with Crippen LogP contribution in [-0.2, 0) is 0 Å². The highest BCUT2D eigenvalue weighted by atomic mass is 16.5. The van der Waals surface area contributed by atoms with E-state index in [4.69, 9.17) is 4.74 Å². The van der Waals surface area contributed by atoms with Gasteiger partial charge >= 0.3 is 0 Å². The van der Waals surface area contributed by atoms with Crippen LogP contribution in [0.3, 0.4) is 0 Å². The third-order valence-corrected chi connectivity index (χ3v) is 3.80. The van der Waals surface area contributed by atoms with Gasteiger partial charge in [-0.1, -0.05) is 42.5 Å². The predicted octanol–water partition coefficient (Wildman–Crippen LogP) is 3.61. The van der Waals surface area contributed by atoms with Crippen molar-refractivity contribution in [1.29, 1.82) is 0 Å². The van der Waals surface area contributed by atoms with Crippen molar-refractivity contribution in [3.05, 3.63) is 95.8 Å². The molecule has 1 aromatic heterocycles. The fraction of sp³-hybridized carbons (Fsp3) is 0.100. The summed E-state index contributed by atoms with van der Waals surface area (Å²) in [6.45, 7) is 0. The fourth-order valence-electron chi connectivity index (χ4n) is 2.52. The molecule has 4 nitrogen and oxygen atoms in total. The van der Waals surface area contributed by atoms with Gasteiger partial charge in [0.25, 0.3) is 5.91 Å². The summed E-state index contributed by atoms with van der Waals surface area (Å²) in [5.41, 5.74) is 2.59. The molecule has 0 aliphatic carbocycles. The normalized spacial score (nSPS) is 11.5. The van der Waals surface area contributed by atoms with Gasteiger partial charge in [-0.3, -0.25) is 9.78 Å². The Kier molecular flexibility index (Phi) is 4.87. The lowest BCUT2D eigenvalue weighted by atomic mass is 9.98. The molecule has 1 atom stereocenters. The molecular formula is C20H18N2O2. The molecule has 0 fully saturated rings. The summed E-state index contributed by atoms with van der Waals surface area (Å²) < 4.78 is 5.21. The number of nitrogens with zero attached hydrogens (tertiary/aromatic N) is 1. The molecule has 120 valence electrons. The van der Waals surface area contributed by atoms with Gasteiger partial charge < -0.3 is 10.1 Å². The molecule has 0 saturated carbocycles. The number of hydrogen-bond acceptors (Lipinski definition) is 3. The molecule has 4 heteroatoms. The molecule has 0 aliphatic heterocycles. The first-order valence-electron chi connectivity index (χ1n) is 7.67. The number of hydrogen-bond donors (Lipinski definition) is 1. The Balaban J connectivity index is 1.91. The predicted molar refractivity (Wildman–Crippen MR) is 93.0 cm³/mol. The lowest BCUT2D eigenvalue weighted by Gasteiger charge is -2.20. The highest BCUT2D eigenvalue weighted by Gasteiger charge is 2.17. The van der Waals surface area contributed by atoms with Gasteiger partial charge in [0, 0.05) is 18.0 Å². The summed E-state index contributed by atoms with van der Waals surface area (Å²) in [5, 5.41) is 3.10. The van der Waals surface area contributed by atoms with Crippen LogP contribution in [0.2, 0.25) is 0 Å². The number of carbonyl (C=O) groups excluding carboxylic acids is 1. The maximum atomic E-state index is 12.6. The smallest absolute Gasteiger partial charge is 0.252 e. The van der Waals surface area contributed by atoms with E-state index >= 15 is 0 Å². The first-order valence-corrected chi connectivity index (χ1v) is 7.67. The third-order valence-electron chi connectivity index (χ3n) is 3.80. The Morgan fingerprint density at radius 3 is 2.17 bits per heavy atom. The highest BCUT2D eigenvalue weighted by Crippen LogP contribution is 2.24. The van der Waals surface area contributed by atoms with Crippen molar-refractivity contribution in [2.24, 2.45) is 0 Å². The van der Waals surface area contributed by atoms with Crippen LogP contribution in [0.15, 0.2) is 79.1 Å². The Hall–Kier alpha value is -3.14. The molecule has 1 amide bonds. The SMILES string of the molecule is COc1ccc([C@@H](NC(=O)c2ccncc2)c2ccccc2)cc1. The van der Waals surface area contributed by atoms with E-state index in [0.717, 1.165) is 16.9 Å². The number of methoxy groups -OCH3 is 1. The molecule has 0 radical (unpaired) electrons. The van der Waals surface area contributed by atoms with Gasteiger partial charge in [-0.25, -0.2) is 0 Å². The van der Waals surface area contributed by atoms with Crippen LogP contribution in [0.25, 0.3) is 0 Å². The van der Waals surface area contributed by atoms with E-state index in [9.17, 15) is 4.79 Å². The molecule has 0 unspecified atom stereocenters. The van der Waals surface area contributed by atoms with Crippen LogP contribution < -0.4 is 10.1 Å². The Morgan fingerprint density at radius 1 is 0.917 bits per heavy atom. The van der Waals surface area contributed by atoms with Crippen LogP contribution in [0.1, 0.15) is 27.5 Å². The number of rotatable bonds is 5. The van der Waals surface area contributed by atoms with Crippen LogP contribution >= 0.6 is 0 Å². The molecule has 1 heterocycles. The zero-order valence-corrected chi connectivity index (χ0v) is 13.3. The van der Waals surface area contributed by atoms with Crippen molar-refractivity contribution in [3.8, 4) is 5.75 Å². The number of pyridine rings is 1. The van der Waals surface area contributed by atoms with Gasteiger partial charge in [0.15, 0.2) is 0 Å². The number of nitrogens with one attached hydrogen (secondary N) is 1. The molecule has 1 N–H and O–H groups in total. The topological polar surface area (TPSA) is 51.2 Å². The monoisotopic (exact) mass is 318 g/mol. The Bertz CT molecular complexity index is 787. The van der Waals surface area contributed by atoms with Gasteiger partial charge in [-0.15, -0.1) is 0 Å². The molecule has 0 aliphatic rings. The highest BCUT2D eigenvalue weighted by molar-refractivity contribution is 5.94. The molecular weight excluding hydrogens is 300 g/mol. The fourth-order valence-corrected chi connectivity index (χ4v) is 2.52. The van der Waals surface area contributed by atoms with Crippen molar-refractivity contribution in [1.82, 2.24) is 10.3 Å². The summed E-state index contributed by atoms with van der Waals surface area (Å²) in [4.78, 5) is 16.5. The van der Waals surface area contributed by atoms with E-state index in [2.05, 4.69) is 10.3 Å². The van der Waals surface area contributed by atoms with Crippen LogP contribution in [0.4, 0.5) is 0 Å². The molecule has 24 heavy (non-hydrogen) atoms. The van der Waals surface area contributed by atoms with Crippen LogP contribution in [0, 0.1) is 0 Å². The van der Waals surface area contributed by atoms with E-state index in [0.29, 0.717) is 5.56 Å². The molecule has 0 spiro atoms. The standard InChI is InChI=1S/C20H18N2O2/c1-24-18-9-7-16(8-10-18)19(15-5-3-2-4-6-15)22-20(23)17-11-13-21-14-12-17/h2-14,19H,1H3,(H,22,23)/t19-/m0/s1. The van der Waals surface area contributed by atoms with E-state index in [1.807, 2.05) is 54.6 Å². The molecule has 2 aromatic carbocycles. The second-order valence-corrected chi connectivity index (χ2v) is 5.33. The zero-order chi connectivity index (χ0) is 16.8. The Labute approximate surface area is 141 Å². The lowest BCUT2D eigenvalue weighted by Crippen LogP contribution is -2.29. The minimum atomic E-state index is -0.238. The van der Waals surface area contributed by atoms with Crippen LogP contribution in [0.5, 0.6) is 5.75 Å². The summed E-state index contributed by atoms with van der Waals surface area (Å²) in [7, 11) is 1.63. The van der Waals surface area contributed by atoms with Gasteiger partial charge in [-0.05, 0) is 35.4 Å². The number of benzene rings is 2. The quantitative estimate of drug-likeness (QED) is 0.782. The van der Waals surface area contributed by atoms with E-state index in [1.54, 1.807) is 31.6 Å². The van der Waals surface area contributed by atoms with E-state index < -0.39 is 0 Å². The molecule has 0 saturated heterocycles. The summed E-state index contributed by atoms with van der Waals surface area (Å²) in [6.07, 6.45) is 3.22. The molecule has 0 bridgehead atoms. The maximum Gasteiger partial charge on any atom is 0.252 e. The van der Waals surface area contributed by atoms with Crippen molar-refractivity contribution in [2.45, 2.75) is 6.04 Å². The second-order valence-electron chi connectivity index (χ2n) is 5.33. The van der Waals surface area contributed by atoms with Gasteiger partial charge in [-0.2, -0.15) is 0 Å². The van der Waals surface area contributed by atoms with Crippen molar-refractivity contribution in [2.75, 3.05) is 7.11 Å². The maximum absolute atomic E-state index is 12.6. The second kappa shape index (κ2) is 7.42. The first-order chi connectivity index (χ1) is 11.8. The Morgan fingerprint density at radius 2 is 1.54 bits per heavy atom. The summed E-state index contributed by atoms with van der Waals surface area (Å²) >= 11 is 0. The number of amides is 1. The van der Waals surface area contributed by atoms with Gasteiger partial charge in [0.2, 0.25) is 0 Å². The number of aromatic nitrogens is 1. The lowest BCUT2D eigenvalue weighted by molar-refractivity contribution is 0.0943. The van der Waals surface area contributed by atoms with Gasteiger partial charge in [0.1, 0.15) is 5.75 Å². The van der Waals surface area contributed by atoms with Crippen molar-refractivity contribution >= 4 is 5.91 Å². The van der Waals surface area contributed by atoms with Crippen molar-refractivity contribution in [3.63, 3.8) is 0 Å². The van der Waals surface area contributed by atoms with Crippen LogP contribution in [-0.4, -0.2) is 18.0 Å². The summed E-state index contributed by atoms with van der Waals surface area (Å²) in [5.74, 6) is 0.646. The zero-order valence-electron chi connectivity index (χ0n) is 13.3. The first kappa shape index (κ1) is 15.7. The minimum Gasteiger partial charge on any atom is -0.497 e. The number of ether oxygens (including phenoxy) is 1. The average molecular weight is 318 g/mol.